The molecule has 0 aromatic heterocycles. The lowest BCUT2D eigenvalue weighted by atomic mass is 9.98. The summed E-state index contributed by atoms with van der Waals surface area (Å²) in [5, 5.41) is 8.87. The van der Waals surface area contributed by atoms with E-state index in [4.69, 9.17) is 10.00 Å². The van der Waals surface area contributed by atoms with Gasteiger partial charge in [0.2, 0.25) is 0 Å². The molecule has 1 aromatic carbocycles. The molecule has 2 rings (SSSR count). The number of likely N-dealkylation sites (tertiary alicyclic amines) is 1. The molecular weight excluding hydrogens is 248 g/mol. The molecule has 1 aromatic rings. The lowest BCUT2D eigenvalue weighted by Crippen LogP contribution is -2.41. The molecule has 0 radical (unpaired) electrons. The van der Waals surface area contributed by atoms with Gasteiger partial charge in [0.1, 0.15) is 12.4 Å². The Morgan fingerprint density at radius 2 is 2.30 bits per heavy atom. The zero-order valence-electron chi connectivity index (χ0n) is 12.3. The van der Waals surface area contributed by atoms with Gasteiger partial charge in [-0.3, -0.25) is 4.90 Å². The molecule has 0 amide bonds. The molecule has 1 aliphatic rings. The first-order chi connectivity index (χ1) is 9.83. The zero-order chi connectivity index (χ0) is 14.2. The summed E-state index contributed by atoms with van der Waals surface area (Å²) in [5.74, 6) is 0.799. The largest absolute Gasteiger partial charge is 0.492 e. The summed E-state index contributed by atoms with van der Waals surface area (Å²) >= 11 is 0. The van der Waals surface area contributed by atoms with Crippen molar-refractivity contribution in [2.45, 2.75) is 45.1 Å². The molecule has 0 aliphatic carbocycles. The minimum atomic E-state index is 0.657. The summed E-state index contributed by atoms with van der Waals surface area (Å²) < 4.78 is 5.78. The van der Waals surface area contributed by atoms with Crippen LogP contribution in [-0.2, 0) is 0 Å². The SMILES string of the molecule is CCCC1CCCCN1CCOc1cccc(C#N)c1. The first kappa shape index (κ1) is 14.9. The van der Waals surface area contributed by atoms with Crippen molar-refractivity contribution in [2.24, 2.45) is 0 Å². The maximum atomic E-state index is 8.87. The van der Waals surface area contributed by atoms with Crippen LogP contribution in [0.25, 0.3) is 0 Å². The first-order valence-electron chi connectivity index (χ1n) is 7.70. The van der Waals surface area contributed by atoms with Crippen LogP contribution in [-0.4, -0.2) is 30.6 Å². The smallest absolute Gasteiger partial charge is 0.120 e. The van der Waals surface area contributed by atoms with Gasteiger partial charge in [0.15, 0.2) is 0 Å². The summed E-state index contributed by atoms with van der Waals surface area (Å²) in [5.41, 5.74) is 0.657. The van der Waals surface area contributed by atoms with Crippen LogP contribution in [0.1, 0.15) is 44.6 Å². The Labute approximate surface area is 122 Å². The van der Waals surface area contributed by atoms with E-state index in [-0.39, 0.29) is 0 Å². The standard InChI is InChI=1S/C17H24N2O/c1-2-6-16-8-3-4-10-19(16)11-12-20-17-9-5-7-15(13-17)14-18/h5,7,9,13,16H,2-4,6,8,10-12H2,1H3. The van der Waals surface area contributed by atoms with Gasteiger partial charge < -0.3 is 4.74 Å². The maximum Gasteiger partial charge on any atom is 0.120 e. The molecule has 1 unspecified atom stereocenters. The van der Waals surface area contributed by atoms with Gasteiger partial charge in [-0.1, -0.05) is 25.8 Å². The Morgan fingerprint density at radius 3 is 3.10 bits per heavy atom. The van der Waals surface area contributed by atoms with E-state index in [2.05, 4.69) is 17.9 Å². The third-order valence-corrected chi connectivity index (χ3v) is 3.98. The van der Waals surface area contributed by atoms with E-state index in [0.29, 0.717) is 12.2 Å². The highest BCUT2D eigenvalue weighted by Crippen LogP contribution is 2.20. The Kier molecular flexibility index (Phi) is 5.88. The number of hydrogen-bond donors (Lipinski definition) is 0. The maximum absolute atomic E-state index is 8.87. The van der Waals surface area contributed by atoms with Crippen LogP contribution >= 0.6 is 0 Å². The average Bonchev–Trinajstić information content (AvgIpc) is 2.49. The van der Waals surface area contributed by atoms with Crippen molar-refractivity contribution in [3.8, 4) is 11.8 Å². The summed E-state index contributed by atoms with van der Waals surface area (Å²) in [7, 11) is 0. The van der Waals surface area contributed by atoms with Gasteiger partial charge in [0, 0.05) is 12.6 Å². The van der Waals surface area contributed by atoms with Crippen molar-refractivity contribution in [3.63, 3.8) is 0 Å². The van der Waals surface area contributed by atoms with Crippen LogP contribution in [0.5, 0.6) is 5.75 Å². The highest BCUT2D eigenvalue weighted by molar-refractivity contribution is 5.36. The first-order valence-corrected chi connectivity index (χ1v) is 7.70. The number of ether oxygens (including phenoxy) is 1. The van der Waals surface area contributed by atoms with Crippen molar-refractivity contribution in [3.05, 3.63) is 29.8 Å². The van der Waals surface area contributed by atoms with E-state index < -0.39 is 0 Å². The Morgan fingerprint density at radius 1 is 1.40 bits per heavy atom. The molecule has 3 heteroatoms. The van der Waals surface area contributed by atoms with Crippen LogP contribution in [0.4, 0.5) is 0 Å². The second-order valence-corrected chi connectivity index (χ2v) is 5.46. The molecular formula is C17H24N2O. The molecule has 0 spiro atoms. The molecule has 0 saturated carbocycles. The second-order valence-electron chi connectivity index (χ2n) is 5.46. The minimum Gasteiger partial charge on any atom is -0.492 e. The molecule has 20 heavy (non-hydrogen) atoms. The van der Waals surface area contributed by atoms with E-state index in [9.17, 15) is 0 Å². The van der Waals surface area contributed by atoms with Crippen molar-refractivity contribution in [1.29, 1.82) is 5.26 Å². The van der Waals surface area contributed by atoms with Gasteiger partial charge >= 0.3 is 0 Å². The topological polar surface area (TPSA) is 36.3 Å². The van der Waals surface area contributed by atoms with E-state index in [0.717, 1.165) is 18.3 Å². The molecule has 1 heterocycles. The molecule has 0 bridgehead atoms. The molecule has 108 valence electrons. The highest BCUT2D eigenvalue weighted by atomic mass is 16.5. The number of nitrogens with zero attached hydrogens (tertiary/aromatic N) is 2. The lowest BCUT2D eigenvalue weighted by molar-refractivity contribution is 0.116. The summed E-state index contributed by atoms with van der Waals surface area (Å²) in [6.07, 6.45) is 6.56. The van der Waals surface area contributed by atoms with Crippen LogP contribution in [0.15, 0.2) is 24.3 Å². The Bertz CT molecular complexity index is 451. The third kappa shape index (κ3) is 4.25. The van der Waals surface area contributed by atoms with Crippen molar-refractivity contribution >= 4 is 0 Å². The van der Waals surface area contributed by atoms with E-state index in [1.54, 1.807) is 12.1 Å². The predicted molar refractivity (Wildman–Crippen MR) is 80.8 cm³/mol. The van der Waals surface area contributed by atoms with Crippen molar-refractivity contribution in [1.82, 2.24) is 4.90 Å². The van der Waals surface area contributed by atoms with E-state index in [1.807, 2.05) is 12.1 Å². The van der Waals surface area contributed by atoms with Crippen molar-refractivity contribution < 1.29 is 4.74 Å². The van der Waals surface area contributed by atoms with Gasteiger partial charge in [-0.25, -0.2) is 0 Å². The monoisotopic (exact) mass is 272 g/mol. The van der Waals surface area contributed by atoms with Crippen LogP contribution in [0.3, 0.4) is 0 Å². The molecule has 1 atom stereocenters. The van der Waals surface area contributed by atoms with Gasteiger partial charge in [-0.15, -0.1) is 0 Å². The number of rotatable bonds is 6. The van der Waals surface area contributed by atoms with Gasteiger partial charge in [0.25, 0.3) is 0 Å². The average molecular weight is 272 g/mol. The zero-order valence-corrected chi connectivity index (χ0v) is 12.3. The Hall–Kier alpha value is -1.53. The molecule has 1 aliphatic heterocycles. The highest BCUT2D eigenvalue weighted by Gasteiger charge is 2.20. The van der Waals surface area contributed by atoms with Gasteiger partial charge in [0.05, 0.1) is 11.6 Å². The summed E-state index contributed by atoms with van der Waals surface area (Å²) in [6, 6.07) is 10.3. The van der Waals surface area contributed by atoms with Crippen LogP contribution in [0, 0.1) is 11.3 Å². The normalized spacial score (nSPS) is 19.5. The number of hydrogen-bond acceptors (Lipinski definition) is 3. The fourth-order valence-corrected chi connectivity index (χ4v) is 2.95. The van der Waals surface area contributed by atoms with E-state index in [1.165, 1.54) is 38.6 Å². The quantitative estimate of drug-likeness (QED) is 0.794. The fraction of sp³-hybridized carbons (Fsp3) is 0.588. The van der Waals surface area contributed by atoms with Gasteiger partial charge in [-0.2, -0.15) is 5.26 Å². The predicted octanol–water partition coefficient (Wildman–Crippen LogP) is 3.59. The van der Waals surface area contributed by atoms with Gasteiger partial charge in [-0.05, 0) is 44.0 Å². The van der Waals surface area contributed by atoms with Crippen molar-refractivity contribution in [2.75, 3.05) is 19.7 Å². The molecule has 1 saturated heterocycles. The third-order valence-electron chi connectivity index (χ3n) is 3.98. The second kappa shape index (κ2) is 7.91. The molecule has 1 fully saturated rings. The fourth-order valence-electron chi connectivity index (χ4n) is 2.95. The number of piperidine rings is 1. The summed E-state index contributed by atoms with van der Waals surface area (Å²) in [4.78, 5) is 2.57. The summed E-state index contributed by atoms with van der Waals surface area (Å²) in [6.45, 7) is 5.15. The van der Waals surface area contributed by atoms with Crippen LogP contribution in [0.2, 0.25) is 0 Å². The Balaban J connectivity index is 1.80. The lowest BCUT2D eigenvalue weighted by Gasteiger charge is -2.35. The molecule has 3 nitrogen and oxygen atoms in total. The number of nitriles is 1. The molecule has 0 N–H and O–H groups in total. The van der Waals surface area contributed by atoms with E-state index >= 15 is 0 Å². The minimum absolute atomic E-state index is 0.657. The van der Waals surface area contributed by atoms with Crippen LogP contribution < -0.4 is 4.74 Å². The number of benzene rings is 1.